The van der Waals surface area contributed by atoms with Gasteiger partial charge >= 0.3 is 0 Å². The molecule has 6 N–H and O–H groups in total. The Morgan fingerprint density at radius 3 is 2.34 bits per heavy atom. The van der Waals surface area contributed by atoms with Crippen LogP contribution >= 0.6 is 11.3 Å². The van der Waals surface area contributed by atoms with Gasteiger partial charge in [-0.2, -0.15) is 0 Å². The fourth-order valence-corrected chi connectivity index (χ4v) is 3.96. The monoisotopic (exact) mass is 451 g/mol. The molecule has 3 rings (SSSR count). The summed E-state index contributed by atoms with van der Waals surface area (Å²) in [5.41, 5.74) is 14.3. The smallest absolute Gasteiger partial charge is 0.248 e. The molecule has 0 spiro atoms. The van der Waals surface area contributed by atoms with Crippen molar-refractivity contribution >= 4 is 28.3 Å². The number of thiazole rings is 1. The summed E-state index contributed by atoms with van der Waals surface area (Å²) in [5, 5.41) is 8.04. The van der Waals surface area contributed by atoms with Crippen LogP contribution in [0.2, 0.25) is 0 Å². The minimum atomic E-state index is -0.726. The standard InChI is InChI=1S/C24H29N5O2S/c25-15-7-12-19(26)22(30)27-20(14-13-17-8-3-1-4-9-17)23(31)29-24-28-21(16-32-24)18-10-5-2-6-11-18/h1-6,8-11,16,19-20H,7,12-15,25-26H2,(H,27,30)(H,28,29,31)/t19-,20+/m0/s1. The fraction of sp³-hybridized carbons (Fsp3) is 0.292. The zero-order valence-corrected chi connectivity index (χ0v) is 18.7. The summed E-state index contributed by atoms with van der Waals surface area (Å²) in [6.07, 6.45) is 2.21. The molecule has 7 nitrogen and oxygen atoms in total. The van der Waals surface area contributed by atoms with Crippen LogP contribution in [0.15, 0.2) is 66.0 Å². The van der Waals surface area contributed by atoms with Gasteiger partial charge in [0.1, 0.15) is 6.04 Å². The molecule has 1 aromatic heterocycles. The van der Waals surface area contributed by atoms with E-state index in [1.807, 2.05) is 66.0 Å². The number of carbonyl (C=O) groups is 2. The number of hydrogen-bond donors (Lipinski definition) is 4. The third kappa shape index (κ3) is 6.98. The summed E-state index contributed by atoms with van der Waals surface area (Å²) in [4.78, 5) is 30.1. The van der Waals surface area contributed by atoms with Crippen molar-refractivity contribution in [1.29, 1.82) is 0 Å². The van der Waals surface area contributed by atoms with Crippen molar-refractivity contribution in [2.24, 2.45) is 11.5 Å². The van der Waals surface area contributed by atoms with Crippen LogP contribution in [0.4, 0.5) is 5.13 Å². The maximum absolute atomic E-state index is 13.0. The number of benzene rings is 2. The predicted molar refractivity (Wildman–Crippen MR) is 129 cm³/mol. The van der Waals surface area contributed by atoms with Crippen LogP contribution in [0.5, 0.6) is 0 Å². The van der Waals surface area contributed by atoms with Crippen LogP contribution in [0, 0.1) is 0 Å². The molecule has 0 saturated heterocycles. The molecule has 0 aliphatic carbocycles. The van der Waals surface area contributed by atoms with Gasteiger partial charge < -0.3 is 22.1 Å². The Kier molecular flexibility index (Phi) is 8.91. The Labute approximate surface area is 192 Å². The van der Waals surface area contributed by atoms with E-state index in [2.05, 4.69) is 15.6 Å². The van der Waals surface area contributed by atoms with E-state index in [-0.39, 0.29) is 11.8 Å². The average Bonchev–Trinajstić information content (AvgIpc) is 3.29. The average molecular weight is 452 g/mol. The highest BCUT2D eigenvalue weighted by molar-refractivity contribution is 7.14. The maximum Gasteiger partial charge on any atom is 0.248 e. The molecule has 0 unspecified atom stereocenters. The first-order valence-corrected chi connectivity index (χ1v) is 11.6. The second-order valence-electron chi connectivity index (χ2n) is 7.52. The molecule has 0 bridgehead atoms. The molecule has 0 fully saturated rings. The second-order valence-corrected chi connectivity index (χ2v) is 8.37. The molecule has 2 atom stereocenters. The van der Waals surface area contributed by atoms with Gasteiger partial charge in [0.15, 0.2) is 5.13 Å². The van der Waals surface area contributed by atoms with Crippen LogP contribution in [0.25, 0.3) is 11.3 Å². The van der Waals surface area contributed by atoms with Crippen molar-refractivity contribution in [3.63, 3.8) is 0 Å². The van der Waals surface area contributed by atoms with E-state index in [1.165, 1.54) is 11.3 Å². The van der Waals surface area contributed by atoms with Crippen molar-refractivity contribution in [3.8, 4) is 11.3 Å². The lowest BCUT2D eigenvalue weighted by Crippen LogP contribution is -2.50. The highest BCUT2D eigenvalue weighted by atomic mass is 32.1. The zero-order chi connectivity index (χ0) is 22.8. The van der Waals surface area contributed by atoms with Crippen molar-refractivity contribution in [3.05, 3.63) is 71.6 Å². The van der Waals surface area contributed by atoms with E-state index >= 15 is 0 Å². The lowest BCUT2D eigenvalue weighted by Gasteiger charge is -2.20. The van der Waals surface area contributed by atoms with Gasteiger partial charge in [0.25, 0.3) is 0 Å². The highest BCUT2D eigenvalue weighted by Crippen LogP contribution is 2.24. The van der Waals surface area contributed by atoms with E-state index < -0.39 is 12.1 Å². The fourth-order valence-electron chi connectivity index (χ4n) is 3.24. The van der Waals surface area contributed by atoms with Crippen LogP contribution in [-0.4, -0.2) is 35.4 Å². The molecule has 0 saturated carbocycles. The van der Waals surface area contributed by atoms with Gasteiger partial charge in [-0.25, -0.2) is 4.98 Å². The first-order valence-electron chi connectivity index (χ1n) is 10.7. The van der Waals surface area contributed by atoms with Crippen LogP contribution in [-0.2, 0) is 16.0 Å². The van der Waals surface area contributed by atoms with Crippen molar-refractivity contribution in [1.82, 2.24) is 10.3 Å². The molecule has 8 heteroatoms. The highest BCUT2D eigenvalue weighted by Gasteiger charge is 2.24. The molecule has 32 heavy (non-hydrogen) atoms. The Morgan fingerprint density at radius 2 is 1.66 bits per heavy atom. The number of aryl methyl sites for hydroxylation is 1. The molecule has 0 aliphatic heterocycles. The van der Waals surface area contributed by atoms with Gasteiger partial charge in [-0.3, -0.25) is 9.59 Å². The van der Waals surface area contributed by atoms with Gasteiger partial charge in [-0.05, 0) is 37.8 Å². The van der Waals surface area contributed by atoms with E-state index in [1.54, 1.807) is 0 Å². The molecule has 0 radical (unpaired) electrons. The van der Waals surface area contributed by atoms with E-state index in [9.17, 15) is 9.59 Å². The van der Waals surface area contributed by atoms with Crippen LogP contribution in [0.3, 0.4) is 0 Å². The summed E-state index contributed by atoms with van der Waals surface area (Å²) in [6, 6.07) is 18.2. The Morgan fingerprint density at radius 1 is 0.969 bits per heavy atom. The number of nitrogens with one attached hydrogen (secondary N) is 2. The molecular formula is C24H29N5O2S. The van der Waals surface area contributed by atoms with Gasteiger partial charge in [-0.1, -0.05) is 60.7 Å². The van der Waals surface area contributed by atoms with Crippen molar-refractivity contribution in [2.75, 3.05) is 11.9 Å². The van der Waals surface area contributed by atoms with Gasteiger partial charge in [0.05, 0.1) is 11.7 Å². The predicted octanol–water partition coefficient (Wildman–Crippen LogP) is 2.93. The summed E-state index contributed by atoms with van der Waals surface area (Å²) >= 11 is 1.35. The van der Waals surface area contributed by atoms with Crippen molar-refractivity contribution in [2.45, 2.75) is 37.8 Å². The quantitative estimate of drug-likeness (QED) is 0.357. The van der Waals surface area contributed by atoms with Gasteiger partial charge in [0, 0.05) is 10.9 Å². The topological polar surface area (TPSA) is 123 Å². The lowest BCUT2D eigenvalue weighted by atomic mass is 10.0. The van der Waals surface area contributed by atoms with E-state index in [0.717, 1.165) is 16.8 Å². The Bertz CT molecular complexity index is 994. The first kappa shape index (κ1) is 23.6. The van der Waals surface area contributed by atoms with E-state index in [4.69, 9.17) is 11.5 Å². The summed E-state index contributed by atoms with van der Waals surface area (Å²) in [6.45, 7) is 0.465. The number of carbonyl (C=O) groups excluding carboxylic acids is 2. The molecular weight excluding hydrogens is 422 g/mol. The molecule has 168 valence electrons. The Balaban J connectivity index is 1.67. The number of hydrogen-bond acceptors (Lipinski definition) is 6. The number of nitrogens with two attached hydrogens (primary N) is 2. The van der Waals surface area contributed by atoms with Crippen molar-refractivity contribution < 1.29 is 9.59 Å². The van der Waals surface area contributed by atoms with Crippen LogP contribution < -0.4 is 22.1 Å². The number of anilines is 1. The zero-order valence-electron chi connectivity index (χ0n) is 17.9. The van der Waals surface area contributed by atoms with Gasteiger partial charge in [-0.15, -0.1) is 11.3 Å². The van der Waals surface area contributed by atoms with Crippen LogP contribution in [0.1, 0.15) is 24.8 Å². The lowest BCUT2D eigenvalue weighted by molar-refractivity contribution is -0.127. The summed E-state index contributed by atoms with van der Waals surface area (Å²) in [7, 11) is 0. The molecule has 2 amide bonds. The molecule has 3 aromatic rings. The summed E-state index contributed by atoms with van der Waals surface area (Å²) in [5.74, 6) is -0.662. The third-order valence-electron chi connectivity index (χ3n) is 5.06. The molecule has 2 aromatic carbocycles. The number of aromatic nitrogens is 1. The minimum Gasteiger partial charge on any atom is -0.343 e. The molecule has 1 heterocycles. The minimum absolute atomic E-state index is 0.311. The molecule has 0 aliphatic rings. The SMILES string of the molecule is NCCC[C@H](N)C(=O)N[C@H](CCc1ccccc1)C(=O)Nc1nc(-c2ccccc2)cs1. The normalized spacial score (nSPS) is 12.7. The second kappa shape index (κ2) is 12.1. The largest absolute Gasteiger partial charge is 0.343 e. The number of nitrogens with zero attached hydrogens (tertiary/aromatic N) is 1. The number of amides is 2. The number of rotatable bonds is 11. The summed E-state index contributed by atoms with van der Waals surface area (Å²) < 4.78 is 0. The van der Waals surface area contributed by atoms with Gasteiger partial charge in [0.2, 0.25) is 11.8 Å². The third-order valence-corrected chi connectivity index (χ3v) is 5.82. The maximum atomic E-state index is 13.0. The Hall–Kier alpha value is -3.07. The van der Waals surface area contributed by atoms with E-state index in [0.29, 0.717) is 37.4 Å². The first-order chi connectivity index (χ1) is 15.6.